The summed E-state index contributed by atoms with van der Waals surface area (Å²) in [5.41, 5.74) is 7.42. The number of hydrogen-bond acceptors (Lipinski definition) is 3. The summed E-state index contributed by atoms with van der Waals surface area (Å²) >= 11 is 0. The molecule has 3 aliphatic rings. The normalized spacial score (nSPS) is 29.7. The Balaban J connectivity index is 1.57. The Morgan fingerprint density at radius 3 is 2.62 bits per heavy atom. The molecule has 2 atom stereocenters. The minimum atomic E-state index is 0.166. The Labute approximate surface area is 125 Å². The van der Waals surface area contributed by atoms with Crippen molar-refractivity contribution in [1.29, 1.82) is 0 Å². The van der Waals surface area contributed by atoms with E-state index < -0.39 is 0 Å². The van der Waals surface area contributed by atoms with Gasteiger partial charge in [-0.2, -0.15) is 0 Å². The maximum atomic E-state index is 12.9. The maximum Gasteiger partial charge on any atom is 0.270 e. The lowest BCUT2D eigenvalue weighted by Crippen LogP contribution is -2.40. The van der Waals surface area contributed by atoms with Crippen molar-refractivity contribution in [3.63, 3.8) is 0 Å². The minimum absolute atomic E-state index is 0.166. The van der Waals surface area contributed by atoms with Crippen LogP contribution in [0.5, 0.6) is 0 Å². The van der Waals surface area contributed by atoms with Gasteiger partial charge in [0, 0.05) is 37.4 Å². The molecule has 4 rings (SSSR count). The molecule has 0 aromatic carbocycles. The second-order valence-electron chi connectivity index (χ2n) is 6.89. The monoisotopic (exact) mass is 288 g/mol. The lowest BCUT2D eigenvalue weighted by atomic mass is 10.1. The van der Waals surface area contributed by atoms with Gasteiger partial charge in [0.15, 0.2) is 0 Å². The molecule has 0 spiro atoms. The summed E-state index contributed by atoms with van der Waals surface area (Å²) in [6.45, 7) is 1.74. The number of hydrogen-bond donors (Lipinski definition) is 1. The average Bonchev–Trinajstić information content (AvgIpc) is 3.15. The molecule has 3 fully saturated rings. The van der Waals surface area contributed by atoms with E-state index in [0.29, 0.717) is 23.8 Å². The molecule has 1 aromatic heterocycles. The number of carbonyl (C=O) groups is 1. The molecule has 114 valence electrons. The number of anilines is 1. The van der Waals surface area contributed by atoms with Crippen LogP contribution in [0.25, 0.3) is 0 Å². The summed E-state index contributed by atoms with van der Waals surface area (Å²) in [6, 6.07) is 3.54. The molecule has 5 nitrogen and oxygen atoms in total. The highest BCUT2D eigenvalue weighted by atomic mass is 16.2. The Kier molecular flexibility index (Phi) is 2.99. The number of aromatic nitrogens is 1. The molecule has 1 aliphatic carbocycles. The summed E-state index contributed by atoms with van der Waals surface area (Å²) in [5, 5.41) is 0. The van der Waals surface area contributed by atoms with Gasteiger partial charge in [0.1, 0.15) is 5.69 Å². The van der Waals surface area contributed by atoms with E-state index >= 15 is 0 Å². The topological polar surface area (TPSA) is 54.5 Å². The zero-order valence-corrected chi connectivity index (χ0v) is 12.7. The van der Waals surface area contributed by atoms with Crippen LogP contribution in [0.2, 0.25) is 0 Å². The zero-order chi connectivity index (χ0) is 14.6. The average molecular weight is 288 g/mol. The Bertz CT molecular complexity index is 563. The van der Waals surface area contributed by atoms with Crippen LogP contribution >= 0.6 is 0 Å². The van der Waals surface area contributed by atoms with Gasteiger partial charge >= 0.3 is 0 Å². The molecule has 2 N–H and O–H groups in total. The molecule has 1 saturated carbocycles. The van der Waals surface area contributed by atoms with Crippen molar-refractivity contribution in [3.05, 3.63) is 18.0 Å². The van der Waals surface area contributed by atoms with Crippen LogP contribution in [0, 0.1) is 0 Å². The minimum Gasteiger partial charge on any atom is -0.397 e. The fourth-order valence-corrected chi connectivity index (χ4v) is 3.98. The van der Waals surface area contributed by atoms with Gasteiger partial charge in [-0.25, -0.2) is 0 Å². The van der Waals surface area contributed by atoms with E-state index in [1.54, 1.807) is 0 Å². The van der Waals surface area contributed by atoms with E-state index in [1.165, 1.54) is 25.7 Å². The predicted molar refractivity (Wildman–Crippen MR) is 82.2 cm³/mol. The summed E-state index contributed by atoms with van der Waals surface area (Å²) in [6.07, 6.45) is 7.87. The van der Waals surface area contributed by atoms with E-state index in [2.05, 4.69) is 16.5 Å². The van der Waals surface area contributed by atoms with E-state index in [1.807, 2.05) is 17.2 Å². The van der Waals surface area contributed by atoms with Crippen LogP contribution in [0.1, 0.15) is 48.6 Å². The van der Waals surface area contributed by atoms with Gasteiger partial charge in [-0.05, 0) is 45.2 Å². The number of nitrogen functional groups attached to an aromatic ring is 1. The van der Waals surface area contributed by atoms with E-state index in [0.717, 1.165) is 25.2 Å². The molecule has 21 heavy (non-hydrogen) atoms. The number of fused-ring (bicyclic) bond motifs is 2. The molecular weight excluding hydrogens is 264 g/mol. The maximum absolute atomic E-state index is 12.9. The van der Waals surface area contributed by atoms with Gasteiger partial charge < -0.3 is 15.2 Å². The van der Waals surface area contributed by atoms with E-state index in [4.69, 9.17) is 5.73 Å². The number of nitrogens with two attached hydrogens (primary N) is 1. The van der Waals surface area contributed by atoms with Crippen LogP contribution < -0.4 is 5.73 Å². The largest absolute Gasteiger partial charge is 0.397 e. The van der Waals surface area contributed by atoms with Crippen LogP contribution in [-0.4, -0.2) is 52.5 Å². The quantitative estimate of drug-likeness (QED) is 0.901. The van der Waals surface area contributed by atoms with Crippen LogP contribution in [0.15, 0.2) is 12.3 Å². The third-order valence-corrected chi connectivity index (χ3v) is 5.46. The first-order valence-corrected chi connectivity index (χ1v) is 8.12. The lowest BCUT2D eigenvalue weighted by molar-refractivity contribution is 0.0729. The van der Waals surface area contributed by atoms with Gasteiger partial charge in [-0.1, -0.05) is 0 Å². The number of amides is 1. The van der Waals surface area contributed by atoms with Gasteiger partial charge in [-0.3, -0.25) is 9.69 Å². The van der Waals surface area contributed by atoms with Crippen LogP contribution in [-0.2, 0) is 0 Å². The van der Waals surface area contributed by atoms with Crippen molar-refractivity contribution >= 4 is 11.6 Å². The Morgan fingerprint density at radius 1 is 1.14 bits per heavy atom. The smallest absolute Gasteiger partial charge is 0.270 e. The molecule has 1 amide bonds. The first-order chi connectivity index (χ1) is 10.1. The molecule has 0 radical (unpaired) electrons. The number of likely N-dealkylation sites (tertiary alicyclic amines) is 1. The second kappa shape index (κ2) is 4.77. The van der Waals surface area contributed by atoms with Crippen LogP contribution in [0.4, 0.5) is 5.69 Å². The van der Waals surface area contributed by atoms with Crippen molar-refractivity contribution in [1.82, 2.24) is 14.4 Å². The van der Waals surface area contributed by atoms with Gasteiger partial charge in [0.05, 0.1) is 5.69 Å². The fourth-order valence-electron chi connectivity index (χ4n) is 3.98. The van der Waals surface area contributed by atoms with Crippen LogP contribution in [0.3, 0.4) is 0 Å². The Hall–Kier alpha value is -1.49. The number of nitrogens with zero attached hydrogens (tertiary/aromatic N) is 3. The van der Waals surface area contributed by atoms with Crippen molar-refractivity contribution in [2.75, 3.05) is 25.9 Å². The number of likely N-dealkylation sites (N-methyl/N-ethyl adjacent to an activating group) is 1. The molecular formula is C16H24N4O. The van der Waals surface area contributed by atoms with Crippen molar-refractivity contribution in [2.45, 2.75) is 50.2 Å². The van der Waals surface area contributed by atoms with Crippen molar-refractivity contribution in [3.8, 4) is 0 Å². The van der Waals surface area contributed by atoms with Gasteiger partial charge in [0.2, 0.25) is 0 Å². The zero-order valence-electron chi connectivity index (χ0n) is 12.7. The Morgan fingerprint density at radius 2 is 1.86 bits per heavy atom. The molecule has 1 aromatic rings. The van der Waals surface area contributed by atoms with Crippen molar-refractivity contribution in [2.24, 2.45) is 0 Å². The first-order valence-electron chi connectivity index (χ1n) is 8.12. The summed E-state index contributed by atoms with van der Waals surface area (Å²) in [7, 11) is 2.21. The van der Waals surface area contributed by atoms with Gasteiger partial charge in [-0.15, -0.1) is 0 Å². The predicted octanol–water partition coefficient (Wildman–Crippen LogP) is 1.71. The molecule has 2 aliphatic heterocycles. The lowest BCUT2D eigenvalue weighted by Gasteiger charge is -2.26. The molecule has 3 heterocycles. The third-order valence-electron chi connectivity index (χ3n) is 5.46. The third kappa shape index (κ3) is 2.24. The highest BCUT2D eigenvalue weighted by Gasteiger charge is 2.37. The first kappa shape index (κ1) is 13.2. The summed E-state index contributed by atoms with van der Waals surface area (Å²) in [5.74, 6) is 0.166. The molecule has 2 bridgehead atoms. The highest BCUT2D eigenvalue weighted by Crippen LogP contribution is 2.37. The molecule has 2 saturated heterocycles. The van der Waals surface area contributed by atoms with E-state index in [9.17, 15) is 4.79 Å². The molecule has 2 unspecified atom stereocenters. The molecule has 5 heteroatoms. The SMILES string of the molecule is CN1C2CCC1CN(C(=O)c1cc(N)cn1C1CC1)CC2. The van der Waals surface area contributed by atoms with E-state index in [-0.39, 0.29) is 5.91 Å². The summed E-state index contributed by atoms with van der Waals surface area (Å²) < 4.78 is 2.10. The van der Waals surface area contributed by atoms with Gasteiger partial charge in [0.25, 0.3) is 5.91 Å². The highest BCUT2D eigenvalue weighted by molar-refractivity contribution is 5.94. The second-order valence-corrected chi connectivity index (χ2v) is 6.89. The summed E-state index contributed by atoms with van der Waals surface area (Å²) in [4.78, 5) is 17.5. The number of carbonyl (C=O) groups excluding carboxylic acids is 1. The number of rotatable bonds is 2. The van der Waals surface area contributed by atoms with Crippen molar-refractivity contribution < 1.29 is 4.79 Å². The standard InChI is InChI=1S/C16H24N4O/c1-18-12-2-5-14(18)10-19(7-6-12)16(21)15-8-11(17)9-20(15)13-3-4-13/h8-9,12-14H,2-7,10,17H2,1H3. The fraction of sp³-hybridized carbons (Fsp3) is 0.688.